The number of thiophene rings is 1. The lowest BCUT2D eigenvalue weighted by Gasteiger charge is -2.04. The molecule has 1 heterocycles. The smallest absolute Gasteiger partial charge is 0.119 e. The molecule has 72 valence electrons. The van der Waals surface area contributed by atoms with Crippen LogP contribution in [0.4, 0.5) is 0 Å². The molecule has 0 aliphatic heterocycles. The molecule has 1 aromatic carbocycles. The lowest BCUT2D eigenvalue weighted by atomic mass is 10.2. The van der Waals surface area contributed by atoms with Gasteiger partial charge in [-0.05, 0) is 41.4 Å². The first-order valence-electron chi connectivity index (χ1n) is 4.55. The van der Waals surface area contributed by atoms with Crippen molar-refractivity contribution in [1.29, 1.82) is 0 Å². The highest BCUT2D eigenvalue weighted by Gasteiger charge is 1.95. The second kappa shape index (κ2) is 4.29. The number of benzene rings is 1. The number of ether oxygens (including phenoxy) is 1. The molecule has 1 nitrogen and oxygen atoms in total. The van der Waals surface area contributed by atoms with Crippen molar-refractivity contribution in [2.24, 2.45) is 0 Å². The summed E-state index contributed by atoms with van der Waals surface area (Å²) < 4.78 is 5.61. The summed E-state index contributed by atoms with van der Waals surface area (Å²) in [7, 11) is 0. The summed E-state index contributed by atoms with van der Waals surface area (Å²) >= 11 is 1.70. The number of rotatable bonds is 3. The van der Waals surface area contributed by atoms with E-state index in [1.807, 2.05) is 12.1 Å². The van der Waals surface area contributed by atoms with Gasteiger partial charge in [-0.2, -0.15) is 11.3 Å². The van der Waals surface area contributed by atoms with Crippen molar-refractivity contribution < 1.29 is 4.74 Å². The van der Waals surface area contributed by atoms with Gasteiger partial charge in [-0.25, -0.2) is 0 Å². The molecule has 0 bridgehead atoms. The molecule has 14 heavy (non-hydrogen) atoms. The fraction of sp³-hybridized carbons (Fsp3) is 0.167. The quantitative estimate of drug-likeness (QED) is 0.741. The lowest BCUT2D eigenvalue weighted by molar-refractivity contribution is 0.306. The Balaban J connectivity index is 1.95. The fourth-order valence-corrected chi connectivity index (χ4v) is 1.83. The second-order valence-corrected chi connectivity index (χ2v) is 4.01. The third-order valence-electron chi connectivity index (χ3n) is 2.01. The van der Waals surface area contributed by atoms with E-state index in [2.05, 4.69) is 35.9 Å². The molecule has 2 heteroatoms. The van der Waals surface area contributed by atoms with E-state index < -0.39 is 0 Å². The summed E-state index contributed by atoms with van der Waals surface area (Å²) in [6.45, 7) is 2.73. The Bertz CT molecular complexity index is 375. The molecule has 2 rings (SSSR count). The van der Waals surface area contributed by atoms with Crippen LogP contribution in [0, 0.1) is 6.92 Å². The van der Waals surface area contributed by atoms with Crippen LogP contribution in [0.1, 0.15) is 11.1 Å². The van der Waals surface area contributed by atoms with Crippen LogP contribution in [0.2, 0.25) is 0 Å². The summed E-state index contributed by atoms with van der Waals surface area (Å²) in [6.07, 6.45) is 0. The van der Waals surface area contributed by atoms with Crippen LogP contribution in [0.3, 0.4) is 0 Å². The van der Waals surface area contributed by atoms with Crippen LogP contribution in [0.5, 0.6) is 5.75 Å². The molecule has 0 amide bonds. The largest absolute Gasteiger partial charge is 0.489 e. The second-order valence-electron chi connectivity index (χ2n) is 3.23. The van der Waals surface area contributed by atoms with E-state index in [1.54, 1.807) is 11.3 Å². The molecule has 0 spiro atoms. The van der Waals surface area contributed by atoms with Crippen molar-refractivity contribution in [2.75, 3.05) is 0 Å². The van der Waals surface area contributed by atoms with E-state index >= 15 is 0 Å². The lowest BCUT2D eigenvalue weighted by Crippen LogP contribution is -1.92. The predicted octanol–water partition coefficient (Wildman–Crippen LogP) is 3.64. The first kappa shape index (κ1) is 9.28. The highest BCUT2D eigenvalue weighted by Crippen LogP contribution is 2.14. The topological polar surface area (TPSA) is 9.23 Å². The molecule has 2 aromatic rings. The Hall–Kier alpha value is -1.28. The first-order valence-corrected chi connectivity index (χ1v) is 5.49. The molecule has 0 atom stereocenters. The van der Waals surface area contributed by atoms with Gasteiger partial charge in [0.2, 0.25) is 0 Å². The number of aryl methyl sites for hydroxylation is 1. The summed E-state index contributed by atoms with van der Waals surface area (Å²) in [5.41, 5.74) is 2.49. The van der Waals surface area contributed by atoms with Gasteiger partial charge in [-0.3, -0.25) is 0 Å². The van der Waals surface area contributed by atoms with E-state index in [4.69, 9.17) is 4.74 Å². The Morgan fingerprint density at radius 1 is 1.14 bits per heavy atom. The van der Waals surface area contributed by atoms with Gasteiger partial charge in [0.05, 0.1) is 0 Å². The highest BCUT2D eigenvalue weighted by molar-refractivity contribution is 7.07. The maximum atomic E-state index is 5.61. The zero-order valence-electron chi connectivity index (χ0n) is 8.07. The normalized spacial score (nSPS) is 10.1. The Labute approximate surface area is 88.0 Å². The third kappa shape index (κ3) is 2.36. The summed E-state index contributed by atoms with van der Waals surface area (Å²) in [4.78, 5) is 0. The van der Waals surface area contributed by atoms with Crippen molar-refractivity contribution in [3.8, 4) is 5.75 Å². The molecule has 0 saturated carbocycles. The van der Waals surface area contributed by atoms with Gasteiger partial charge in [0, 0.05) is 0 Å². The van der Waals surface area contributed by atoms with Crippen LogP contribution in [-0.4, -0.2) is 0 Å². The van der Waals surface area contributed by atoms with Gasteiger partial charge in [0.15, 0.2) is 0 Å². The van der Waals surface area contributed by atoms with E-state index in [1.165, 1.54) is 11.1 Å². The van der Waals surface area contributed by atoms with E-state index in [0.717, 1.165) is 5.75 Å². The molecular formula is C12H12OS. The van der Waals surface area contributed by atoms with E-state index in [0.29, 0.717) is 6.61 Å². The Morgan fingerprint density at radius 2 is 1.93 bits per heavy atom. The highest BCUT2D eigenvalue weighted by atomic mass is 32.1. The van der Waals surface area contributed by atoms with Gasteiger partial charge >= 0.3 is 0 Å². The average Bonchev–Trinajstić information content (AvgIpc) is 2.70. The van der Waals surface area contributed by atoms with E-state index in [9.17, 15) is 0 Å². The molecule has 0 N–H and O–H groups in total. The van der Waals surface area contributed by atoms with Crippen LogP contribution in [-0.2, 0) is 6.61 Å². The van der Waals surface area contributed by atoms with Crippen molar-refractivity contribution in [3.05, 3.63) is 52.2 Å². The van der Waals surface area contributed by atoms with Crippen molar-refractivity contribution in [1.82, 2.24) is 0 Å². The van der Waals surface area contributed by atoms with Crippen molar-refractivity contribution in [3.63, 3.8) is 0 Å². The molecular weight excluding hydrogens is 192 g/mol. The van der Waals surface area contributed by atoms with Crippen LogP contribution in [0.25, 0.3) is 0 Å². The SMILES string of the molecule is Cc1ccc(OCc2ccsc2)cc1. The minimum absolute atomic E-state index is 0.659. The fourth-order valence-electron chi connectivity index (χ4n) is 1.18. The number of hydrogen-bond donors (Lipinski definition) is 0. The van der Waals surface area contributed by atoms with E-state index in [-0.39, 0.29) is 0 Å². The van der Waals surface area contributed by atoms with Gasteiger partial charge < -0.3 is 4.74 Å². The van der Waals surface area contributed by atoms with Gasteiger partial charge in [-0.15, -0.1) is 0 Å². The maximum Gasteiger partial charge on any atom is 0.119 e. The minimum Gasteiger partial charge on any atom is -0.489 e. The molecule has 0 saturated heterocycles. The third-order valence-corrected chi connectivity index (χ3v) is 2.74. The van der Waals surface area contributed by atoms with Crippen LogP contribution >= 0.6 is 11.3 Å². The predicted molar refractivity (Wildman–Crippen MR) is 59.8 cm³/mol. The molecule has 0 aliphatic carbocycles. The Morgan fingerprint density at radius 3 is 2.57 bits per heavy atom. The maximum absolute atomic E-state index is 5.61. The Kier molecular flexibility index (Phi) is 2.84. The number of hydrogen-bond acceptors (Lipinski definition) is 2. The molecule has 0 radical (unpaired) electrons. The zero-order chi connectivity index (χ0) is 9.80. The zero-order valence-corrected chi connectivity index (χ0v) is 8.88. The van der Waals surface area contributed by atoms with Gasteiger partial charge in [-0.1, -0.05) is 17.7 Å². The van der Waals surface area contributed by atoms with Crippen LogP contribution in [0.15, 0.2) is 41.1 Å². The average molecular weight is 204 g/mol. The van der Waals surface area contributed by atoms with Gasteiger partial charge in [0.1, 0.15) is 12.4 Å². The summed E-state index contributed by atoms with van der Waals surface area (Å²) in [5, 5.41) is 4.17. The summed E-state index contributed by atoms with van der Waals surface area (Å²) in [6, 6.07) is 10.2. The first-order chi connectivity index (χ1) is 6.84. The molecule has 0 unspecified atom stereocenters. The summed E-state index contributed by atoms with van der Waals surface area (Å²) in [5.74, 6) is 0.932. The molecule has 0 fully saturated rings. The van der Waals surface area contributed by atoms with Gasteiger partial charge in [0.25, 0.3) is 0 Å². The standard InChI is InChI=1S/C12H12OS/c1-10-2-4-12(5-3-10)13-8-11-6-7-14-9-11/h2-7,9H,8H2,1H3. The molecule has 0 aliphatic rings. The van der Waals surface area contributed by atoms with Crippen molar-refractivity contribution >= 4 is 11.3 Å². The van der Waals surface area contributed by atoms with Crippen LogP contribution < -0.4 is 4.74 Å². The minimum atomic E-state index is 0.659. The van der Waals surface area contributed by atoms with Crippen molar-refractivity contribution in [2.45, 2.75) is 13.5 Å². The monoisotopic (exact) mass is 204 g/mol. The molecule has 1 aromatic heterocycles.